The Morgan fingerprint density at radius 3 is 2.30 bits per heavy atom. The quantitative estimate of drug-likeness (QED) is 0.232. The molecule has 1 aromatic carbocycles. The second kappa shape index (κ2) is 15.6. The number of carbonyl (C=O) groups excluding carboxylic acids is 1. The number of hydrogen-bond donors (Lipinski definition) is 2. The zero-order chi connectivity index (χ0) is 28.4. The van der Waals surface area contributed by atoms with E-state index in [-0.39, 0.29) is 29.8 Å². The minimum atomic E-state index is -0.0383. The molecule has 1 aromatic rings. The van der Waals surface area contributed by atoms with Crippen molar-refractivity contribution < 1.29 is 33.6 Å². The lowest BCUT2D eigenvalue weighted by Gasteiger charge is -2.53. The van der Waals surface area contributed by atoms with Crippen LogP contribution in [0.25, 0.3) is 0 Å². The SMILES string of the molecule is COCCOCCOCCOCCOCC(CO)CNc1ccc2c(c1)[C@]1(C)CCN(CC3CC3)[C@H](C2=O)[C@@H]1C. The number of piperidine rings is 1. The van der Waals surface area contributed by atoms with Crippen LogP contribution in [0.3, 0.4) is 0 Å². The highest BCUT2D eigenvalue weighted by Gasteiger charge is 2.52. The van der Waals surface area contributed by atoms with Crippen molar-refractivity contribution in [3.05, 3.63) is 29.3 Å². The molecule has 3 aliphatic rings. The van der Waals surface area contributed by atoms with Crippen molar-refractivity contribution in [3.63, 3.8) is 0 Å². The minimum Gasteiger partial charge on any atom is -0.396 e. The maximum atomic E-state index is 13.6. The van der Waals surface area contributed by atoms with Gasteiger partial charge in [0, 0.05) is 44.0 Å². The highest BCUT2D eigenvalue weighted by Crippen LogP contribution is 2.49. The van der Waals surface area contributed by atoms with E-state index in [9.17, 15) is 9.90 Å². The first-order valence-corrected chi connectivity index (χ1v) is 15.0. The fraction of sp³-hybridized carbons (Fsp3) is 0.774. The summed E-state index contributed by atoms with van der Waals surface area (Å²) in [4.78, 5) is 16.0. The Balaban J connectivity index is 1.16. The van der Waals surface area contributed by atoms with Gasteiger partial charge in [-0.2, -0.15) is 0 Å². The van der Waals surface area contributed by atoms with Crippen molar-refractivity contribution in [2.45, 2.75) is 44.6 Å². The lowest BCUT2D eigenvalue weighted by atomic mass is 9.58. The van der Waals surface area contributed by atoms with Gasteiger partial charge in [0.25, 0.3) is 0 Å². The van der Waals surface area contributed by atoms with Gasteiger partial charge in [0.2, 0.25) is 0 Å². The number of ether oxygens (including phenoxy) is 5. The number of carbonyl (C=O) groups is 1. The fourth-order valence-corrected chi connectivity index (χ4v) is 6.01. The molecule has 0 amide bonds. The van der Waals surface area contributed by atoms with Gasteiger partial charge in [0.15, 0.2) is 5.78 Å². The number of ketones is 1. The Hall–Kier alpha value is -1.59. The van der Waals surface area contributed by atoms with Gasteiger partial charge in [0.05, 0.1) is 65.5 Å². The summed E-state index contributed by atoms with van der Waals surface area (Å²) in [5, 5.41) is 13.4. The molecule has 2 N–H and O–H groups in total. The predicted molar refractivity (Wildman–Crippen MR) is 154 cm³/mol. The Bertz CT molecular complexity index is 927. The van der Waals surface area contributed by atoms with Gasteiger partial charge in [-0.3, -0.25) is 9.69 Å². The lowest BCUT2D eigenvalue weighted by Crippen LogP contribution is -2.61. The standard InChI is InChI=1S/C31H50N2O7/c1-23-29-30(35)27-7-6-26(18-28(27)31(23,2)8-9-33(29)20-24-4-5-24)32-19-25(21-34)22-40-17-16-39-15-14-38-13-12-37-11-10-36-3/h6-7,18,23-25,29,32,34H,4-5,8-17,19-22H2,1-3H3/t23-,25?,29-,31+/m0/s1. The van der Waals surface area contributed by atoms with Crippen LogP contribution >= 0.6 is 0 Å². The third-order valence-electron chi connectivity index (χ3n) is 8.90. The molecule has 0 radical (unpaired) electrons. The van der Waals surface area contributed by atoms with E-state index in [0.717, 1.165) is 36.7 Å². The molecule has 1 saturated carbocycles. The van der Waals surface area contributed by atoms with E-state index in [1.807, 2.05) is 12.1 Å². The number of rotatable bonds is 20. The summed E-state index contributed by atoms with van der Waals surface area (Å²) in [5.41, 5.74) is 3.05. The van der Waals surface area contributed by atoms with Gasteiger partial charge in [-0.1, -0.05) is 13.8 Å². The van der Waals surface area contributed by atoms with Crippen molar-refractivity contribution >= 4 is 11.5 Å². The maximum Gasteiger partial charge on any atom is 0.180 e. The normalized spacial score (nSPS) is 25.1. The van der Waals surface area contributed by atoms with Crippen LogP contribution in [0.15, 0.2) is 18.2 Å². The largest absolute Gasteiger partial charge is 0.396 e. The van der Waals surface area contributed by atoms with Crippen molar-refractivity contribution in [1.82, 2.24) is 4.90 Å². The number of hydrogen-bond acceptors (Lipinski definition) is 9. The molecule has 9 heteroatoms. The predicted octanol–water partition coefficient (Wildman–Crippen LogP) is 2.99. The first-order chi connectivity index (χ1) is 19.5. The number of anilines is 1. The molecule has 1 heterocycles. The zero-order valence-corrected chi connectivity index (χ0v) is 24.7. The molecular weight excluding hydrogens is 512 g/mol. The molecule has 1 saturated heterocycles. The molecule has 2 fully saturated rings. The molecule has 0 spiro atoms. The summed E-state index contributed by atoms with van der Waals surface area (Å²) in [7, 11) is 1.65. The van der Waals surface area contributed by atoms with Crippen molar-refractivity contribution in [1.29, 1.82) is 0 Å². The minimum absolute atomic E-state index is 0.00363. The number of benzene rings is 1. The smallest absolute Gasteiger partial charge is 0.180 e. The van der Waals surface area contributed by atoms with Gasteiger partial charge < -0.3 is 34.1 Å². The van der Waals surface area contributed by atoms with E-state index in [2.05, 4.69) is 30.1 Å². The number of aliphatic hydroxyl groups is 1. The van der Waals surface area contributed by atoms with Crippen LogP contribution in [-0.2, 0) is 29.1 Å². The third kappa shape index (κ3) is 8.25. The topological polar surface area (TPSA) is 98.7 Å². The number of nitrogens with one attached hydrogen (secondary N) is 1. The molecule has 0 aromatic heterocycles. The van der Waals surface area contributed by atoms with Crippen LogP contribution in [0.1, 0.15) is 49.0 Å². The first-order valence-electron chi connectivity index (χ1n) is 15.0. The fourth-order valence-electron chi connectivity index (χ4n) is 6.01. The number of likely N-dealkylation sites (tertiary alicyclic amines) is 1. The highest BCUT2D eigenvalue weighted by molar-refractivity contribution is 6.04. The highest BCUT2D eigenvalue weighted by atomic mass is 16.6. The van der Waals surface area contributed by atoms with Crippen LogP contribution in [0.5, 0.6) is 0 Å². The molecule has 2 aliphatic carbocycles. The summed E-state index contributed by atoms with van der Waals surface area (Å²) in [5.74, 6) is 1.33. The van der Waals surface area contributed by atoms with E-state index < -0.39 is 0 Å². The van der Waals surface area contributed by atoms with E-state index in [1.54, 1.807) is 7.11 Å². The Kier molecular flexibility index (Phi) is 12.2. The summed E-state index contributed by atoms with van der Waals surface area (Å²) >= 11 is 0. The number of aliphatic hydroxyl groups excluding tert-OH is 1. The van der Waals surface area contributed by atoms with E-state index >= 15 is 0 Å². The van der Waals surface area contributed by atoms with Crippen LogP contribution in [0.2, 0.25) is 0 Å². The van der Waals surface area contributed by atoms with Gasteiger partial charge in [-0.25, -0.2) is 0 Å². The summed E-state index contributed by atoms with van der Waals surface area (Å²) in [6.45, 7) is 11.9. The van der Waals surface area contributed by atoms with Crippen molar-refractivity contribution in [2.24, 2.45) is 17.8 Å². The molecule has 226 valence electrons. The third-order valence-corrected chi connectivity index (χ3v) is 8.90. The maximum absolute atomic E-state index is 13.6. The zero-order valence-electron chi connectivity index (χ0n) is 24.7. The molecule has 9 nitrogen and oxygen atoms in total. The number of Topliss-reactive ketones (excluding diaryl/α,β-unsaturated/α-hetero) is 1. The average molecular weight is 563 g/mol. The van der Waals surface area contributed by atoms with Crippen LogP contribution < -0.4 is 5.32 Å². The number of methoxy groups -OCH3 is 1. The van der Waals surface area contributed by atoms with Gasteiger partial charge in [0.1, 0.15) is 0 Å². The molecule has 40 heavy (non-hydrogen) atoms. The van der Waals surface area contributed by atoms with Crippen LogP contribution in [-0.4, -0.2) is 115 Å². The summed E-state index contributed by atoms with van der Waals surface area (Å²) < 4.78 is 27.0. The van der Waals surface area contributed by atoms with Gasteiger partial charge >= 0.3 is 0 Å². The van der Waals surface area contributed by atoms with E-state index in [4.69, 9.17) is 23.7 Å². The van der Waals surface area contributed by atoms with Crippen LogP contribution in [0, 0.1) is 17.8 Å². The monoisotopic (exact) mass is 562 g/mol. The van der Waals surface area contributed by atoms with Gasteiger partial charge in [-0.15, -0.1) is 0 Å². The Labute approximate surface area is 239 Å². The summed E-state index contributed by atoms with van der Waals surface area (Å²) in [6.07, 6.45) is 3.70. The second-order valence-electron chi connectivity index (χ2n) is 11.8. The molecule has 4 atom stereocenters. The average Bonchev–Trinajstić information content (AvgIpc) is 3.78. The molecule has 4 rings (SSSR count). The molecular formula is C31H50N2O7. The molecule has 1 aliphatic heterocycles. The van der Waals surface area contributed by atoms with E-state index in [1.165, 1.54) is 18.4 Å². The van der Waals surface area contributed by atoms with Crippen molar-refractivity contribution in [3.8, 4) is 0 Å². The Morgan fingerprint density at radius 2 is 1.68 bits per heavy atom. The first kappa shape index (κ1) is 31.3. The lowest BCUT2D eigenvalue weighted by molar-refractivity contribution is -0.0123. The van der Waals surface area contributed by atoms with Crippen LogP contribution in [0.4, 0.5) is 5.69 Å². The van der Waals surface area contributed by atoms with Crippen molar-refractivity contribution in [2.75, 3.05) is 98.1 Å². The summed E-state index contributed by atoms with van der Waals surface area (Å²) in [6, 6.07) is 6.20. The Morgan fingerprint density at radius 1 is 1.02 bits per heavy atom. The molecule has 2 bridgehead atoms. The second-order valence-corrected chi connectivity index (χ2v) is 11.8. The van der Waals surface area contributed by atoms with Gasteiger partial charge in [-0.05, 0) is 66.8 Å². The number of nitrogens with zero attached hydrogens (tertiary/aromatic N) is 1. The molecule has 1 unspecified atom stereocenters. The number of fused-ring (bicyclic) bond motifs is 4. The van der Waals surface area contributed by atoms with E-state index in [0.29, 0.717) is 71.9 Å².